The highest BCUT2D eigenvalue weighted by molar-refractivity contribution is 6.31. The molecule has 2 amide bonds. The summed E-state index contributed by atoms with van der Waals surface area (Å²) < 4.78 is 31.8. The molecule has 16 nitrogen and oxygen atoms in total. The Kier molecular flexibility index (Phi) is 19.3. The molecule has 21 heteroatoms. The van der Waals surface area contributed by atoms with Gasteiger partial charge in [0.1, 0.15) is 70.5 Å². The summed E-state index contributed by atoms with van der Waals surface area (Å²) in [5, 5.41) is 16.8. The third-order valence-electron chi connectivity index (χ3n) is 11.0. The predicted molar refractivity (Wildman–Crippen MR) is 269 cm³/mol. The fourth-order valence-electron chi connectivity index (χ4n) is 7.75. The van der Waals surface area contributed by atoms with Crippen molar-refractivity contribution in [3.63, 3.8) is 0 Å². The molecule has 0 bridgehead atoms. The van der Waals surface area contributed by atoms with E-state index in [1.54, 1.807) is 34.1 Å². The van der Waals surface area contributed by atoms with Crippen molar-refractivity contribution in [3.8, 4) is 0 Å². The summed E-state index contributed by atoms with van der Waals surface area (Å²) in [6, 6.07) is 14.9. The van der Waals surface area contributed by atoms with E-state index in [0.29, 0.717) is 58.9 Å². The second kappa shape index (κ2) is 25.5. The lowest BCUT2D eigenvalue weighted by molar-refractivity contribution is -0.127. The molecule has 1 aliphatic carbocycles. The summed E-state index contributed by atoms with van der Waals surface area (Å²) in [5.41, 5.74) is 0.840. The summed E-state index contributed by atoms with van der Waals surface area (Å²) in [6.07, 6.45) is 15.4. The first-order valence-corrected chi connectivity index (χ1v) is 24.0. The van der Waals surface area contributed by atoms with E-state index in [-0.39, 0.29) is 34.1 Å². The number of piperidine rings is 2. The lowest BCUT2D eigenvalue weighted by atomic mass is 9.95. The van der Waals surface area contributed by atoms with Crippen LogP contribution in [0.2, 0.25) is 15.2 Å². The van der Waals surface area contributed by atoms with Gasteiger partial charge >= 0.3 is 6.09 Å². The Morgan fingerprint density at radius 2 is 1.07 bits per heavy atom. The Hall–Kier alpha value is -6.11. The maximum Gasteiger partial charge on any atom is 0.410 e. The van der Waals surface area contributed by atoms with E-state index >= 15 is 0 Å². The Bertz CT molecular complexity index is 2500. The molecule has 368 valence electrons. The Morgan fingerprint density at radius 1 is 0.623 bits per heavy atom. The molecular formula is C48H58Cl3F2N13O3. The molecule has 5 aromatic rings. The quantitative estimate of drug-likeness (QED) is 0.0621. The molecule has 2 unspecified atom stereocenters. The number of hydrogen-bond donors (Lipinski definition) is 5. The van der Waals surface area contributed by atoms with Crippen molar-refractivity contribution in [2.75, 3.05) is 52.8 Å². The van der Waals surface area contributed by atoms with Crippen LogP contribution in [0.25, 0.3) is 0 Å². The summed E-state index contributed by atoms with van der Waals surface area (Å²) in [5.74, 6) is 2.36. The largest absolute Gasteiger partial charge is 0.444 e. The zero-order chi connectivity index (χ0) is 49.3. The number of nitrogens with zero attached hydrogens (tertiary/aromatic N) is 8. The van der Waals surface area contributed by atoms with Gasteiger partial charge in [-0.1, -0.05) is 60.6 Å². The minimum atomic E-state index is -0.475. The van der Waals surface area contributed by atoms with Crippen LogP contribution in [0.3, 0.4) is 0 Å². The van der Waals surface area contributed by atoms with Crippen molar-refractivity contribution >= 4 is 87.3 Å². The van der Waals surface area contributed by atoms with Crippen molar-refractivity contribution < 1.29 is 23.1 Å². The van der Waals surface area contributed by atoms with Gasteiger partial charge in [0.05, 0.1) is 10.0 Å². The molecule has 69 heavy (non-hydrogen) atoms. The van der Waals surface area contributed by atoms with Crippen LogP contribution in [0.1, 0.15) is 78.6 Å². The number of likely N-dealkylation sites (tertiary alicyclic amines) is 2. The van der Waals surface area contributed by atoms with E-state index in [0.717, 1.165) is 44.6 Å². The van der Waals surface area contributed by atoms with E-state index in [2.05, 4.69) is 63.1 Å². The van der Waals surface area contributed by atoms with E-state index < -0.39 is 17.2 Å². The molecule has 0 spiro atoms. The minimum absolute atomic E-state index is 0.0385. The maximum absolute atomic E-state index is 13.2. The number of anilines is 7. The Labute approximate surface area is 416 Å². The van der Waals surface area contributed by atoms with E-state index in [9.17, 15) is 18.4 Å². The molecule has 8 rings (SSSR count). The standard InChI is InChI=1S/C18H19ClFN5O.C16H18ClFN4.C14H21ClN4O2/c1-2-18(26)25-7-3-4-13(10-25)24-17-9-16(21-11-22-17)23-12-5-6-15(20)14(19)8-12;17-13-8-12(6-7-14(13)18)22-16-9-15(19-10-20-16)21-11-4-2-1-3-5-11;1-14(2,3)21-13(20)19-6-4-5-10(8-19)18-12-7-11(15)16-9-17-12/h2,5-6,8-9,11,13H,1,3-4,7,10H2,(H2,21,22,23,24);6-11H,1-5H2,(H2,19,20,21,22);7,9-10H,4-6,8H2,1-3H3,(H,16,17,18). The average Bonchev–Trinajstić information content (AvgIpc) is 3.32. The summed E-state index contributed by atoms with van der Waals surface area (Å²) in [6.45, 7) is 11.8. The van der Waals surface area contributed by atoms with E-state index in [1.807, 2.05) is 26.8 Å². The second-order valence-corrected chi connectivity index (χ2v) is 18.9. The number of rotatable bonds is 11. The number of amides is 2. The monoisotopic (exact) mass is 1010 g/mol. The van der Waals surface area contributed by atoms with Gasteiger partial charge in [0.15, 0.2) is 0 Å². The van der Waals surface area contributed by atoms with Crippen LogP contribution >= 0.6 is 34.8 Å². The molecule has 5 N–H and O–H groups in total. The lowest BCUT2D eigenvalue weighted by Gasteiger charge is -2.34. The predicted octanol–water partition coefficient (Wildman–Crippen LogP) is 11.3. The molecule has 2 atom stereocenters. The van der Waals surface area contributed by atoms with Crippen LogP contribution in [0.15, 0.2) is 86.2 Å². The summed E-state index contributed by atoms with van der Waals surface area (Å²) in [4.78, 5) is 52.2. The molecule has 1 saturated carbocycles. The van der Waals surface area contributed by atoms with Crippen molar-refractivity contribution in [2.24, 2.45) is 0 Å². The van der Waals surface area contributed by atoms with Gasteiger partial charge in [-0.05, 0) is 102 Å². The molecule has 3 aromatic heterocycles. The zero-order valence-corrected chi connectivity index (χ0v) is 41.1. The van der Waals surface area contributed by atoms with Gasteiger partial charge in [0.25, 0.3) is 0 Å². The van der Waals surface area contributed by atoms with Crippen LogP contribution in [0.4, 0.5) is 54.0 Å². The van der Waals surface area contributed by atoms with Gasteiger partial charge in [0.2, 0.25) is 5.91 Å². The molecular weight excluding hydrogens is 951 g/mol. The molecule has 3 fully saturated rings. The lowest BCUT2D eigenvalue weighted by Crippen LogP contribution is -2.47. The normalized spacial score (nSPS) is 17.2. The first-order chi connectivity index (χ1) is 33.1. The Morgan fingerprint density at radius 3 is 1.57 bits per heavy atom. The van der Waals surface area contributed by atoms with Gasteiger partial charge in [-0.2, -0.15) is 0 Å². The molecule has 2 aliphatic heterocycles. The molecule has 2 aromatic carbocycles. The second-order valence-electron chi connectivity index (χ2n) is 17.7. The van der Waals surface area contributed by atoms with Crippen molar-refractivity contribution in [2.45, 2.75) is 102 Å². The summed E-state index contributed by atoms with van der Waals surface area (Å²) in [7, 11) is 0. The molecule has 0 radical (unpaired) electrons. The highest BCUT2D eigenvalue weighted by Crippen LogP contribution is 2.26. The number of ether oxygens (including phenoxy) is 1. The Balaban J connectivity index is 0.000000171. The van der Waals surface area contributed by atoms with E-state index in [1.165, 1.54) is 81.4 Å². The number of halogens is 5. The van der Waals surface area contributed by atoms with Crippen LogP contribution in [0, 0.1) is 11.6 Å². The first kappa shape index (κ1) is 52.3. The third-order valence-corrected chi connectivity index (χ3v) is 11.8. The van der Waals surface area contributed by atoms with Gasteiger partial charge in [-0.3, -0.25) is 4.79 Å². The topological polar surface area (TPSA) is 187 Å². The number of carbonyl (C=O) groups is 2. The van der Waals surface area contributed by atoms with Crippen LogP contribution in [-0.2, 0) is 9.53 Å². The fourth-order valence-corrected chi connectivity index (χ4v) is 8.26. The summed E-state index contributed by atoms with van der Waals surface area (Å²) >= 11 is 17.4. The van der Waals surface area contributed by atoms with Crippen molar-refractivity contribution in [3.05, 3.63) is 113 Å². The van der Waals surface area contributed by atoms with Crippen molar-refractivity contribution in [1.29, 1.82) is 0 Å². The number of nitrogens with one attached hydrogen (secondary N) is 5. The minimum Gasteiger partial charge on any atom is -0.444 e. The van der Waals surface area contributed by atoms with Gasteiger partial charge in [0, 0.05) is 73.9 Å². The SMILES string of the molecule is C=CC(=O)N1CCCC(Nc2cc(Nc3ccc(F)c(Cl)c3)ncn2)C1.CC(C)(C)OC(=O)N1CCCC(Nc2cc(Cl)ncn2)C1.Fc1ccc(Nc2cc(NC3CCCCC3)ncn2)cc1Cl. The third kappa shape index (κ3) is 17.4. The molecule has 3 aliphatic rings. The van der Waals surface area contributed by atoms with Crippen LogP contribution in [-0.4, -0.2) is 102 Å². The average molecular weight is 1010 g/mol. The number of carbonyl (C=O) groups excluding carboxylic acids is 2. The molecule has 2 saturated heterocycles. The fraction of sp³-hybridized carbons (Fsp3) is 0.417. The van der Waals surface area contributed by atoms with E-state index in [4.69, 9.17) is 39.5 Å². The smallest absolute Gasteiger partial charge is 0.410 e. The molecule has 5 heterocycles. The maximum atomic E-state index is 13.2. The number of aromatic nitrogens is 6. The van der Waals surface area contributed by atoms with Crippen LogP contribution in [0.5, 0.6) is 0 Å². The highest BCUT2D eigenvalue weighted by atomic mass is 35.5. The number of benzene rings is 2. The first-order valence-electron chi connectivity index (χ1n) is 22.8. The van der Waals surface area contributed by atoms with Crippen molar-refractivity contribution in [1.82, 2.24) is 39.7 Å². The van der Waals surface area contributed by atoms with Gasteiger partial charge in [-0.25, -0.2) is 43.5 Å². The van der Waals surface area contributed by atoms with Gasteiger partial charge < -0.3 is 41.1 Å². The highest BCUT2D eigenvalue weighted by Gasteiger charge is 2.28. The zero-order valence-electron chi connectivity index (χ0n) is 38.8. The number of hydrogen-bond acceptors (Lipinski definition) is 14. The van der Waals surface area contributed by atoms with Crippen LogP contribution < -0.4 is 26.6 Å². The van der Waals surface area contributed by atoms with Gasteiger partial charge in [-0.15, -0.1) is 0 Å².